The molecule has 0 spiro atoms. The van der Waals surface area contributed by atoms with Crippen LogP contribution in [0.5, 0.6) is 0 Å². The summed E-state index contributed by atoms with van der Waals surface area (Å²) in [6, 6.07) is 20.9. The van der Waals surface area contributed by atoms with E-state index in [9.17, 15) is 4.79 Å². The molecule has 3 aromatic rings. The number of fused-ring (bicyclic) bond motifs is 1. The Morgan fingerprint density at radius 2 is 1.64 bits per heavy atom. The molecule has 0 saturated carbocycles. The highest BCUT2D eigenvalue weighted by atomic mass is 32.2. The van der Waals surface area contributed by atoms with Crippen LogP contribution in [0.4, 0.5) is 0 Å². The minimum atomic E-state index is 0.00400. The van der Waals surface area contributed by atoms with Gasteiger partial charge in [0.1, 0.15) is 0 Å². The van der Waals surface area contributed by atoms with Crippen molar-refractivity contribution in [1.29, 1.82) is 0 Å². The van der Waals surface area contributed by atoms with Gasteiger partial charge in [-0.15, -0.1) is 34.9 Å². The smallest absolute Gasteiger partial charge is 0.254 e. The van der Waals surface area contributed by atoms with Gasteiger partial charge in [0.05, 0.1) is 10.6 Å². The summed E-state index contributed by atoms with van der Waals surface area (Å²) in [6.45, 7) is 0.766. The van der Waals surface area contributed by atoms with Crippen LogP contribution < -0.4 is 0 Å². The molecule has 2 nitrogen and oxygen atoms in total. The molecule has 0 bridgehead atoms. The van der Waals surface area contributed by atoms with E-state index in [1.165, 1.54) is 33.1 Å². The van der Waals surface area contributed by atoms with Gasteiger partial charge in [-0.3, -0.25) is 4.79 Å². The van der Waals surface area contributed by atoms with Crippen molar-refractivity contribution in [1.82, 2.24) is 4.90 Å². The summed E-state index contributed by atoms with van der Waals surface area (Å²) in [5.74, 6) is 2.56. The summed E-state index contributed by atoms with van der Waals surface area (Å²) in [6.07, 6.45) is 0.940. The standard InChI is InChI=1S/C23H21NOS3/c25-22(17-6-8-18(9-7-17)23-27-14-15-28-23)24-12-10-20-19(11-13-26-20)21(24)16-4-2-1-3-5-16/h1-9,11,13,21,23H,10,12,14-15H2/t21-/m0/s1. The Morgan fingerprint density at radius 3 is 2.39 bits per heavy atom. The molecule has 142 valence electrons. The van der Waals surface area contributed by atoms with Crippen LogP contribution in [0.2, 0.25) is 0 Å². The second kappa shape index (κ2) is 7.97. The Balaban J connectivity index is 1.46. The first-order valence-electron chi connectivity index (χ1n) is 9.56. The Bertz CT molecular complexity index is 961. The van der Waals surface area contributed by atoms with E-state index < -0.39 is 0 Å². The van der Waals surface area contributed by atoms with E-state index in [2.05, 4.69) is 52.7 Å². The van der Waals surface area contributed by atoms with Crippen LogP contribution in [0, 0.1) is 0 Å². The molecule has 28 heavy (non-hydrogen) atoms. The van der Waals surface area contributed by atoms with E-state index in [4.69, 9.17) is 0 Å². The van der Waals surface area contributed by atoms with Crippen molar-refractivity contribution < 1.29 is 4.79 Å². The lowest BCUT2D eigenvalue weighted by atomic mass is 9.92. The number of thioether (sulfide) groups is 2. The van der Waals surface area contributed by atoms with Gasteiger partial charge in [-0.1, -0.05) is 42.5 Å². The average Bonchev–Trinajstić information content (AvgIpc) is 3.45. The Hall–Kier alpha value is -1.69. The Morgan fingerprint density at radius 1 is 0.893 bits per heavy atom. The van der Waals surface area contributed by atoms with Gasteiger partial charge in [-0.05, 0) is 46.7 Å². The number of benzene rings is 2. The first-order valence-corrected chi connectivity index (χ1v) is 12.5. The quantitative estimate of drug-likeness (QED) is 0.514. The number of carbonyl (C=O) groups excluding carboxylic acids is 1. The van der Waals surface area contributed by atoms with Crippen molar-refractivity contribution in [3.63, 3.8) is 0 Å². The van der Waals surface area contributed by atoms with E-state index in [0.717, 1.165) is 18.5 Å². The van der Waals surface area contributed by atoms with E-state index in [-0.39, 0.29) is 11.9 Å². The number of thiophene rings is 1. The Kier molecular flexibility index (Phi) is 5.22. The van der Waals surface area contributed by atoms with Crippen LogP contribution in [0.25, 0.3) is 0 Å². The maximum absolute atomic E-state index is 13.5. The van der Waals surface area contributed by atoms with E-state index >= 15 is 0 Å². The fourth-order valence-corrected chi connectivity index (χ4v) is 7.79. The third-order valence-corrected chi connectivity index (χ3v) is 9.49. The first kappa shape index (κ1) is 18.3. The highest BCUT2D eigenvalue weighted by molar-refractivity contribution is 8.19. The summed E-state index contributed by atoms with van der Waals surface area (Å²) < 4.78 is 0.518. The van der Waals surface area contributed by atoms with Gasteiger partial charge >= 0.3 is 0 Å². The van der Waals surface area contributed by atoms with Gasteiger partial charge in [0.25, 0.3) is 5.91 Å². The first-order chi connectivity index (χ1) is 13.8. The molecule has 0 unspecified atom stereocenters. The molecule has 1 atom stereocenters. The second-order valence-electron chi connectivity index (χ2n) is 7.06. The zero-order valence-corrected chi connectivity index (χ0v) is 17.9. The van der Waals surface area contributed by atoms with Gasteiger partial charge < -0.3 is 4.90 Å². The number of amides is 1. The van der Waals surface area contributed by atoms with Gasteiger partial charge in [0, 0.05) is 28.5 Å². The summed E-state index contributed by atoms with van der Waals surface area (Å²) in [7, 11) is 0. The fraction of sp³-hybridized carbons (Fsp3) is 0.261. The summed E-state index contributed by atoms with van der Waals surface area (Å²) in [5.41, 5.74) is 4.58. The molecule has 5 heteroatoms. The van der Waals surface area contributed by atoms with Crippen LogP contribution in [-0.2, 0) is 6.42 Å². The number of hydrogen-bond donors (Lipinski definition) is 0. The molecular weight excluding hydrogens is 402 g/mol. The van der Waals surface area contributed by atoms with Crippen molar-refractivity contribution in [2.24, 2.45) is 0 Å². The summed E-state index contributed by atoms with van der Waals surface area (Å²) in [4.78, 5) is 16.9. The molecule has 3 heterocycles. The van der Waals surface area contributed by atoms with Crippen LogP contribution in [-0.4, -0.2) is 28.9 Å². The monoisotopic (exact) mass is 423 g/mol. The molecular formula is C23H21NOS3. The van der Waals surface area contributed by atoms with Gasteiger partial charge in [-0.2, -0.15) is 0 Å². The molecule has 2 aliphatic rings. The van der Waals surface area contributed by atoms with Crippen molar-refractivity contribution in [3.8, 4) is 0 Å². The predicted octanol–water partition coefficient (Wildman–Crippen LogP) is 6.01. The van der Waals surface area contributed by atoms with Gasteiger partial charge in [-0.25, -0.2) is 0 Å². The van der Waals surface area contributed by atoms with Crippen LogP contribution in [0.15, 0.2) is 66.0 Å². The average molecular weight is 424 g/mol. The Labute approximate surface area is 178 Å². The molecule has 1 aromatic heterocycles. The van der Waals surface area contributed by atoms with Crippen molar-refractivity contribution >= 4 is 40.8 Å². The highest BCUT2D eigenvalue weighted by Gasteiger charge is 2.33. The number of rotatable bonds is 3. The topological polar surface area (TPSA) is 20.3 Å². The van der Waals surface area contributed by atoms with Crippen LogP contribution >= 0.6 is 34.9 Å². The molecule has 1 fully saturated rings. The predicted molar refractivity (Wildman–Crippen MR) is 121 cm³/mol. The highest BCUT2D eigenvalue weighted by Crippen LogP contribution is 2.45. The minimum Gasteiger partial charge on any atom is -0.327 e. The molecule has 1 saturated heterocycles. The third kappa shape index (κ3) is 3.40. The molecule has 0 radical (unpaired) electrons. The number of carbonyl (C=O) groups is 1. The SMILES string of the molecule is O=C(c1ccc(C2SCCS2)cc1)N1CCc2sccc2[C@@H]1c1ccccc1. The minimum absolute atomic E-state index is 0.00400. The fourth-order valence-electron chi connectivity index (χ4n) is 4.03. The molecule has 5 rings (SSSR count). The second-order valence-corrected chi connectivity index (χ2v) is 10.8. The van der Waals surface area contributed by atoms with Gasteiger partial charge in [0.15, 0.2) is 0 Å². The zero-order chi connectivity index (χ0) is 18.9. The molecule has 1 amide bonds. The van der Waals surface area contributed by atoms with E-state index in [0.29, 0.717) is 4.58 Å². The van der Waals surface area contributed by atoms with Crippen molar-refractivity contribution in [2.45, 2.75) is 17.0 Å². The molecule has 2 aliphatic heterocycles. The summed E-state index contributed by atoms with van der Waals surface area (Å²) >= 11 is 5.80. The van der Waals surface area contributed by atoms with Crippen LogP contribution in [0.1, 0.15) is 42.5 Å². The molecule has 2 aromatic carbocycles. The van der Waals surface area contributed by atoms with Crippen molar-refractivity contribution in [2.75, 3.05) is 18.1 Å². The maximum Gasteiger partial charge on any atom is 0.254 e. The largest absolute Gasteiger partial charge is 0.327 e. The number of nitrogens with zero attached hydrogens (tertiary/aromatic N) is 1. The van der Waals surface area contributed by atoms with E-state index in [1.807, 2.05) is 41.7 Å². The number of hydrogen-bond acceptors (Lipinski definition) is 4. The van der Waals surface area contributed by atoms with Crippen LogP contribution in [0.3, 0.4) is 0 Å². The normalized spacial score (nSPS) is 19.6. The molecule has 0 aliphatic carbocycles. The molecule has 0 N–H and O–H groups in total. The van der Waals surface area contributed by atoms with Crippen molar-refractivity contribution in [3.05, 3.63) is 93.2 Å². The lowest BCUT2D eigenvalue weighted by Crippen LogP contribution is -2.40. The zero-order valence-electron chi connectivity index (χ0n) is 15.4. The maximum atomic E-state index is 13.5. The lowest BCUT2D eigenvalue weighted by Gasteiger charge is -2.36. The third-order valence-electron chi connectivity index (χ3n) is 5.39. The van der Waals surface area contributed by atoms with Gasteiger partial charge in [0.2, 0.25) is 0 Å². The van der Waals surface area contributed by atoms with E-state index in [1.54, 1.807) is 11.3 Å². The lowest BCUT2D eigenvalue weighted by molar-refractivity contribution is 0.0696. The summed E-state index contributed by atoms with van der Waals surface area (Å²) in [5, 5.41) is 2.15.